The van der Waals surface area contributed by atoms with Crippen LogP contribution >= 0.6 is 12.4 Å². The van der Waals surface area contributed by atoms with Gasteiger partial charge in [0.15, 0.2) is 0 Å². The Balaban J connectivity index is 0.00000242. The fraction of sp³-hybridized carbons (Fsp3) is 0.500. The Morgan fingerprint density at radius 1 is 1.32 bits per heavy atom. The van der Waals surface area contributed by atoms with Crippen LogP contribution in [0.3, 0.4) is 0 Å². The fourth-order valence-corrected chi connectivity index (χ4v) is 2.55. The van der Waals surface area contributed by atoms with Gasteiger partial charge in [0.2, 0.25) is 11.8 Å². The van der Waals surface area contributed by atoms with Crippen molar-refractivity contribution < 1.29 is 9.59 Å². The number of carbonyl (C=O) groups is 2. The maximum atomic E-state index is 12.0. The minimum Gasteiger partial charge on any atom is -0.326 e. The highest BCUT2D eigenvalue weighted by Crippen LogP contribution is 2.21. The van der Waals surface area contributed by atoms with Crippen LogP contribution in [0.1, 0.15) is 31.7 Å². The Morgan fingerprint density at radius 3 is 2.73 bits per heavy atom. The zero-order chi connectivity index (χ0) is 15.2. The van der Waals surface area contributed by atoms with Gasteiger partial charge in [0.1, 0.15) is 0 Å². The monoisotopic (exact) mass is 325 g/mol. The minimum absolute atomic E-state index is 0. The molecule has 1 fully saturated rings. The first kappa shape index (κ1) is 18.5. The summed E-state index contributed by atoms with van der Waals surface area (Å²) in [6, 6.07) is 5.52. The zero-order valence-corrected chi connectivity index (χ0v) is 13.9. The number of rotatable bonds is 5. The molecule has 1 saturated heterocycles. The first-order valence-electron chi connectivity index (χ1n) is 7.43. The average Bonchev–Trinajstić information content (AvgIpc) is 2.93. The number of hydrogen-bond acceptors (Lipinski definition) is 3. The van der Waals surface area contributed by atoms with Crippen LogP contribution in [0.2, 0.25) is 0 Å². The largest absolute Gasteiger partial charge is 0.326 e. The maximum Gasteiger partial charge on any atom is 0.224 e. The van der Waals surface area contributed by atoms with E-state index in [0.29, 0.717) is 18.0 Å². The lowest BCUT2D eigenvalue weighted by molar-refractivity contribution is -0.116. The molecule has 3 N–H and O–H groups in total. The summed E-state index contributed by atoms with van der Waals surface area (Å²) < 4.78 is 0. The smallest absolute Gasteiger partial charge is 0.224 e. The van der Waals surface area contributed by atoms with Crippen molar-refractivity contribution in [2.24, 2.45) is 5.92 Å². The third-order valence-electron chi connectivity index (χ3n) is 3.77. The van der Waals surface area contributed by atoms with Crippen molar-refractivity contribution in [2.75, 3.05) is 23.7 Å². The van der Waals surface area contributed by atoms with Crippen LogP contribution in [-0.2, 0) is 9.59 Å². The lowest BCUT2D eigenvalue weighted by Crippen LogP contribution is -2.16. The van der Waals surface area contributed by atoms with E-state index < -0.39 is 0 Å². The van der Waals surface area contributed by atoms with E-state index in [9.17, 15) is 9.59 Å². The summed E-state index contributed by atoms with van der Waals surface area (Å²) in [5, 5.41) is 8.97. The van der Waals surface area contributed by atoms with Crippen LogP contribution < -0.4 is 16.0 Å². The predicted octanol–water partition coefficient (Wildman–Crippen LogP) is 2.70. The van der Waals surface area contributed by atoms with Crippen LogP contribution in [0, 0.1) is 12.8 Å². The number of hydrogen-bond donors (Lipinski definition) is 3. The first-order chi connectivity index (χ1) is 10.0. The molecule has 0 aliphatic carbocycles. The van der Waals surface area contributed by atoms with Gasteiger partial charge in [-0.3, -0.25) is 9.59 Å². The summed E-state index contributed by atoms with van der Waals surface area (Å²) in [5.74, 6) is 0.525. The van der Waals surface area contributed by atoms with Gasteiger partial charge < -0.3 is 16.0 Å². The molecule has 1 heterocycles. The van der Waals surface area contributed by atoms with E-state index in [1.807, 2.05) is 19.1 Å². The molecule has 0 aromatic heterocycles. The Bertz CT molecular complexity index is 528. The molecule has 0 saturated carbocycles. The van der Waals surface area contributed by atoms with Crippen molar-refractivity contribution in [3.63, 3.8) is 0 Å². The third-order valence-corrected chi connectivity index (χ3v) is 3.77. The molecule has 0 spiro atoms. The van der Waals surface area contributed by atoms with Crippen molar-refractivity contribution >= 4 is 35.6 Å². The quantitative estimate of drug-likeness (QED) is 0.779. The molecule has 0 radical (unpaired) electrons. The second-order valence-corrected chi connectivity index (χ2v) is 5.66. The topological polar surface area (TPSA) is 70.2 Å². The Hall–Kier alpha value is -1.59. The summed E-state index contributed by atoms with van der Waals surface area (Å²) in [6.45, 7) is 5.48. The number of aryl methyl sites for hydroxylation is 1. The Labute approximate surface area is 137 Å². The molecule has 1 atom stereocenters. The minimum atomic E-state index is -0.120. The number of benzene rings is 1. The van der Waals surface area contributed by atoms with Crippen molar-refractivity contribution in [3.05, 3.63) is 23.8 Å². The normalized spacial score (nSPS) is 16.7. The summed E-state index contributed by atoms with van der Waals surface area (Å²) in [4.78, 5) is 23.1. The Morgan fingerprint density at radius 2 is 2.09 bits per heavy atom. The van der Waals surface area contributed by atoms with Crippen LogP contribution in [0.25, 0.3) is 0 Å². The highest BCUT2D eigenvalue weighted by atomic mass is 35.5. The highest BCUT2D eigenvalue weighted by Gasteiger charge is 2.16. The second-order valence-electron chi connectivity index (χ2n) is 5.66. The van der Waals surface area contributed by atoms with E-state index >= 15 is 0 Å². The molecule has 2 rings (SSSR count). The van der Waals surface area contributed by atoms with Gasteiger partial charge in [-0.1, -0.05) is 6.07 Å². The molecule has 122 valence electrons. The van der Waals surface area contributed by atoms with Crippen molar-refractivity contribution in [1.29, 1.82) is 0 Å². The van der Waals surface area contributed by atoms with Gasteiger partial charge in [0, 0.05) is 24.7 Å². The molecule has 1 aliphatic rings. The van der Waals surface area contributed by atoms with E-state index in [4.69, 9.17) is 0 Å². The average molecular weight is 326 g/mol. The standard InChI is InChI=1S/C16H23N3O2.ClH/c1-11-3-5-14(18-12(2)20)9-15(11)19-16(21)6-4-13-7-8-17-10-13;/h3,5,9,13,17H,4,6-8,10H2,1-2H3,(H,18,20)(H,19,21);1H. The molecule has 6 heteroatoms. The molecule has 1 unspecified atom stereocenters. The van der Waals surface area contributed by atoms with Gasteiger partial charge in [0.25, 0.3) is 0 Å². The number of halogens is 1. The second kappa shape index (κ2) is 8.76. The van der Waals surface area contributed by atoms with E-state index in [1.165, 1.54) is 6.92 Å². The number of nitrogens with one attached hydrogen (secondary N) is 3. The number of amides is 2. The molecular formula is C16H24ClN3O2. The van der Waals surface area contributed by atoms with Gasteiger partial charge >= 0.3 is 0 Å². The maximum absolute atomic E-state index is 12.0. The molecule has 5 nitrogen and oxygen atoms in total. The van der Waals surface area contributed by atoms with Crippen molar-refractivity contribution in [3.8, 4) is 0 Å². The van der Waals surface area contributed by atoms with Crippen molar-refractivity contribution in [2.45, 2.75) is 33.1 Å². The fourth-order valence-electron chi connectivity index (χ4n) is 2.55. The lowest BCUT2D eigenvalue weighted by atomic mass is 10.0. The summed E-state index contributed by atoms with van der Waals surface area (Å²) in [5.41, 5.74) is 2.44. The van der Waals surface area contributed by atoms with Gasteiger partial charge in [-0.2, -0.15) is 0 Å². The molecule has 1 aliphatic heterocycles. The molecular weight excluding hydrogens is 302 g/mol. The van der Waals surface area contributed by atoms with E-state index in [0.717, 1.165) is 37.2 Å². The van der Waals surface area contributed by atoms with Crippen LogP contribution in [-0.4, -0.2) is 24.9 Å². The van der Waals surface area contributed by atoms with Crippen molar-refractivity contribution in [1.82, 2.24) is 5.32 Å². The van der Waals surface area contributed by atoms with E-state index in [-0.39, 0.29) is 24.2 Å². The number of anilines is 2. The van der Waals surface area contributed by atoms with Crippen LogP contribution in [0.5, 0.6) is 0 Å². The first-order valence-corrected chi connectivity index (χ1v) is 7.43. The van der Waals surface area contributed by atoms with Crippen LogP contribution in [0.4, 0.5) is 11.4 Å². The van der Waals surface area contributed by atoms with E-state index in [2.05, 4.69) is 16.0 Å². The predicted molar refractivity (Wildman–Crippen MR) is 91.6 cm³/mol. The highest BCUT2D eigenvalue weighted by molar-refractivity contribution is 5.94. The van der Waals surface area contributed by atoms with Gasteiger partial charge in [-0.05, 0) is 56.5 Å². The molecule has 2 amide bonds. The SMILES string of the molecule is CC(=O)Nc1ccc(C)c(NC(=O)CCC2CCNC2)c1.Cl. The lowest BCUT2D eigenvalue weighted by Gasteiger charge is -2.12. The molecule has 1 aromatic carbocycles. The molecule has 0 bridgehead atoms. The number of carbonyl (C=O) groups excluding carboxylic acids is 2. The zero-order valence-electron chi connectivity index (χ0n) is 13.1. The van der Waals surface area contributed by atoms with Gasteiger partial charge in [-0.25, -0.2) is 0 Å². The summed E-state index contributed by atoms with van der Waals surface area (Å²) in [6.07, 6.45) is 2.61. The van der Waals surface area contributed by atoms with Crippen LogP contribution in [0.15, 0.2) is 18.2 Å². The van der Waals surface area contributed by atoms with Gasteiger partial charge in [-0.15, -0.1) is 12.4 Å². The third kappa shape index (κ3) is 5.66. The summed E-state index contributed by atoms with van der Waals surface area (Å²) in [7, 11) is 0. The van der Waals surface area contributed by atoms with Gasteiger partial charge in [0.05, 0.1) is 0 Å². The summed E-state index contributed by atoms with van der Waals surface area (Å²) >= 11 is 0. The molecule has 22 heavy (non-hydrogen) atoms. The molecule has 1 aromatic rings. The van der Waals surface area contributed by atoms with E-state index in [1.54, 1.807) is 6.07 Å². The Kier molecular flexibility index (Phi) is 7.35.